The monoisotopic (exact) mass is 429 g/mol. The Hall–Kier alpha value is -2.59. The number of nitrogens with one attached hydrogen (secondary N) is 2. The molecule has 0 aliphatic rings. The molecule has 2 aromatic carbocycles. The summed E-state index contributed by atoms with van der Waals surface area (Å²) in [7, 11) is -3.86. The van der Waals surface area contributed by atoms with Gasteiger partial charge in [-0.2, -0.15) is 13.2 Å². The lowest BCUT2D eigenvalue weighted by atomic mass is 9.82. The number of rotatable bonds is 4. The van der Waals surface area contributed by atoms with E-state index in [1.165, 1.54) is 36.4 Å². The zero-order valence-electron chi connectivity index (χ0n) is 16.0. The van der Waals surface area contributed by atoms with Crippen molar-refractivity contribution in [2.45, 2.75) is 37.9 Å². The molecule has 4 N–H and O–H groups in total. The van der Waals surface area contributed by atoms with Crippen LogP contribution in [0.5, 0.6) is 0 Å². The average Bonchev–Trinajstić information content (AvgIpc) is 2.58. The predicted molar refractivity (Wildman–Crippen MR) is 104 cm³/mol. The SMILES string of the molecule is CC(C)(C)C(NC(=O)Nc1ccc(S(N)(=O)=O)cc1)c1cccc(C(F)(F)F)c1. The average molecular weight is 429 g/mol. The van der Waals surface area contributed by atoms with Crippen molar-refractivity contribution in [2.75, 3.05) is 5.32 Å². The molecule has 10 heteroatoms. The van der Waals surface area contributed by atoms with Gasteiger partial charge >= 0.3 is 12.2 Å². The number of halogens is 3. The highest BCUT2D eigenvalue weighted by molar-refractivity contribution is 7.89. The Balaban J connectivity index is 2.22. The van der Waals surface area contributed by atoms with Crippen LogP contribution in [0.25, 0.3) is 0 Å². The van der Waals surface area contributed by atoms with Crippen molar-refractivity contribution in [1.29, 1.82) is 0 Å². The van der Waals surface area contributed by atoms with E-state index in [0.29, 0.717) is 11.3 Å². The van der Waals surface area contributed by atoms with Crippen LogP contribution >= 0.6 is 0 Å². The minimum atomic E-state index is -4.49. The summed E-state index contributed by atoms with van der Waals surface area (Å²) >= 11 is 0. The Bertz CT molecular complexity index is 982. The van der Waals surface area contributed by atoms with Crippen molar-refractivity contribution in [3.05, 3.63) is 59.7 Å². The molecule has 0 aromatic heterocycles. The van der Waals surface area contributed by atoms with Crippen LogP contribution in [0.3, 0.4) is 0 Å². The second-order valence-corrected chi connectivity index (χ2v) is 9.15. The zero-order chi connectivity index (χ0) is 22.0. The Morgan fingerprint density at radius 2 is 1.62 bits per heavy atom. The van der Waals surface area contributed by atoms with Crippen molar-refractivity contribution in [3.63, 3.8) is 0 Å². The molecule has 0 spiro atoms. The molecule has 2 amide bonds. The number of carbonyl (C=O) groups excluding carboxylic acids is 1. The number of nitrogens with two attached hydrogens (primary N) is 1. The van der Waals surface area contributed by atoms with Crippen LogP contribution in [-0.4, -0.2) is 14.4 Å². The fraction of sp³-hybridized carbons (Fsp3) is 0.316. The fourth-order valence-electron chi connectivity index (χ4n) is 2.72. The number of alkyl halides is 3. The summed E-state index contributed by atoms with van der Waals surface area (Å²) in [6, 6.07) is 8.62. The number of hydrogen-bond donors (Lipinski definition) is 3. The molecule has 0 saturated carbocycles. The minimum absolute atomic E-state index is 0.111. The molecule has 0 fully saturated rings. The number of benzene rings is 2. The minimum Gasteiger partial charge on any atom is -0.331 e. The first kappa shape index (κ1) is 22.7. The topological polar surface area (TPSA) is 101 Å². The van der Waals surface area contributed by atoms with Crippen molar-refractivity contribution >= 4 is 21.7 Å². The van der Waals surface area contributed by atoms with Gasteiger partial charge in [-0.25, -0.2) is 18.4 Å². The maximum absolute atomic E-state index is 13.0. The van der Waals surface area contributed by atoms with E-state index < -0.39 is 39.3 Å². The first-order valence-corrected chi connectivity index (χ1v) is 10.1. The molecule has 0 radical (unpaired) electrons. The van der Waals surface area contributed by atoms with Gasteiger partial charge in [0.05, 0.1) is 16.5 Å². The van der Waals surface area contributed by atoms with E-state index in [1.54, 1.807) is 20.8 Å². The zero-order valence-corrected chi connectivity index (χ0v) is 16.9. The number of urea groups is 1. The second-order valence-electron chi connectivity index (χ2n) is 7.59. The van der Waals surface area contributed by atoms with E-state index in [9.17, 15) is 26.4 Å². The number of anilines is 1. The molecule has 0 aliphatic carbocycles. The van der Waals surface area contributed by atoms with Gasteiger partial charge in [0, 0.05) is 5.69 Å². The Morgan fingerprint density at radius 3 is 2.10 bits per heavy atom. The van der Waals surface area contributed by atoms with Gasteiger partial charge in [-0.15, -0.1) is 0 Å². The maximum atomic E-state index is 13.0. The number of hydrogen-bond acceptors (Lipinski definition) is 3. The lowest BCUT2D eigenvalue weighted by Crippen LogP contribution is -2.39. The smallest absolute Gasteiger partial charge is 0.331 e. The third-order valence-electron chi connectivity index (χ3n) is 4.13. The Kier molecular flexibility index (Phi) is 6.29. The summed E-state index contributed by atoms with van der Waals surface area (Å²) < 4.78 is 61.7. The van der Waals surface area contributed by atoms with Gasteiger partial charge in [-0.3, -0.25) is 0 Å². The second kappa shape index (κ2) is 8.03. The van der Waals surface area contributed by atoms with Crippen molar-refractivity contribution in [2.24, 2.45) is 10.6 Å². The Morgan fingerprint density at radius 1 is 1.03 bits per heavy atom. The standard InChI is InChI=1S/C19H22F3N3O3S/c1-18(2,3)16(12-5-4-6-13(11-12)19(20,21)22)25-17(26)24-14-7-9-15(10-8-14)29(23,27)28/h4-11,16H,1-3H3,(H2,23,27,28)(H2,24,25,26). The lowest BCUT2D eigenvalue weighted by molar-refractivity contribution is -0.137. The molecule has 1 unspecified atom stereocenters. The molecular weight excluding hydrogens is 407 g/mol. The molecule has 158 valence electrons. The summed E-state index contributed by atoms with van der Waals surface area (Å²) in [5.41, 5.74) is -0.775. The summed E-state index contributed by atoms with van der Waals surface area (Å²) in [5.74, 6) is 0. The summed E-state index contributed by atoms with van der Waals surface area (Å²) in [4.78, 5) is 12.3. The third-order valence-corrected chi connectivity index (χ3v) is 5.06. The van der Waals surface area contributed by atoms with Gasteiger partial charge in [0.15, 0.2) is 0 Å². The molecule has 0 heterocycles. The van der Waals surface area contributed by atoms with Crippen LogP contribution in [0.4, 0.5) is 23.7 Å². The van der Waals surface area contributed by atoms with E-state index in [1.807, 2.05) is 0 Å². The van der Waals surface area contributed by atoms with E-state index >= 15 is 0 Å². The van der Waals surface area contributed by atoms with Crippen molar-refractivity contribution < 1.29 is 26.4 Å². The van der Waals surface area contributed by atoms with Crippen LogP contribution in [0.1, 0.15) is 37.9 Å². The molecule has 29 heavy (non-hydrogen) atoms. The van der Waals surface area contributed by atoms with Gasteiger partial charge in [-0.1, -0.05) is 32.9 Å². The molecule has 6 nitrogen and oxygen atoms in total. The number of carbonyl (C=O) groups is 1. The molecule has 0 saturated heterocycles. The van der Waals surface area contributed by atoms with Gasteiger partial charge in [0.25, 0.3) is 0 Å². The van der Waals surface area contributed by atoms with E-state index in [0.717, 1.165) is 12.1 Å². The largest absolute Gasteiger partial charge is 0.416 e. The molecule has 2 rings (SSSR count). The number of amides is 2. The number of primary sulfonamides is 1. The lowest BCUT2D eigenvalue weighted by Gasteiger charge is -2.32. The van der Waals surface area contributed by atoms with Gasteiger partial charge in [-0.05, 0) is 47.4 Å². The van der Waals surface area contributed by atoms with E-state index in [2.05, 4.69) is 10.6 Å². The maximum Gasteiger partial charge on any atom is 0.416 e. The first-order chi connectivity index (χ1) is 13.2. The molecular formula is C19H22F3N3O3S. The highest BCUT2D eigenvalue weighted by Gasteiger charge is 2.33. The quantitative estimate of drug-likeness (QED) is 0.677. The fourth-order valence-corrected chi connectivity index (χ4v) is 3.24. The van der Waals surface area contributed by atoms with E-state index in [-0.39, 0.29) is 4.90 Å². The third kappa shape index (κ3) is 6.20. The van der Waals surface area contributed by atoms with Crippen LogP contribution in [0, 0.1) is 5.41 Å². The van der Waals surface area contributed by atoms with E-state index in [4.69, 9.17) is 5.14 Å². The summed E-state index contributed by atoms with van der Waals surface area (Å²) in [5, 5.41) is 10.2. The highest BCUT2D eigenvalue weighted by Crippen LogP contribution is 2.36. The highest BCUT2D eigenvalue weighted by atomic mass is 32.2. The molecule has 2 aromatic rings. The van der Waals surface area contributed by atoms with Crippen LogP contribution in [0.15, 0.2) is 53.4 Å². The van der Waals surface area contributed by atoms with Gasteiger partial charge in [0.2, 0.25) is 10.0 Å². The molecule has 0 aliphatic heterocycles. The van der Waals surface area contributed by atoms with Gasteiger partial charge in [0.1, 0.15) is 0 Å². The van der Waals surface area contributed by atoms with Crippen LogP contribution < -0.4 is 15.8 Å². The Labute approximate surface area is 167 Å². The predicted octanol–water partition coefficient (Wildman–Crippen LogP) is 4.26. The van der Waals surface area contributed by atoms with Crippen molar-refractivity contribution in [1.82, 2.24) is 5.32 Å². The summed E-state index contributed by atoms with van der Waals surface area (Å²) in [6.45, 7) is 5.37. The normalized spacial score (nSPS) is 13.6. The first-order valence-electron chi connectivity index (χ1n) is 8.55. The molecule has 1 atom stereocenters. The molecule has 0 bridgehead atoms. The van der Waals surface area contributed by atoms with Crippen molar-refractivity contribution in [3.8, 4) is 0 Å². The van der Waals surface area contributed by atoms with Crippen LogP contribution in [0.2, 0.25) is 0 Å². The number of sulfonamides is 1. The summed E-state index contributed by atoms with van der Waals surface area (Å²) in [6.07, 6.45) is -4.49. The van der Waals surface area contributed by atoms with Crippen LogP contribution in [-0.2, 0) is 16.2 Å². The van der Waals surface area contributed by atoms with Gasteiger partial charge < -0.3 is 10.6 Å².